The molecule has 0 aliphatic rings. The Kier molecular flexibility index (Phi) is 6.24. The molecule has 0 amide bonds. The third-order valence-electron chi connectivity index (χ3n) is 4.34. The van der Waals surface area contributed by atoms with Gasteiger partial charge in [0.15, 0.2) is 17.3 Å². The summed E-state index contributed by atoms with van der Waals surface area (Å²) in [5.41, 5.74) is 1.68. The Morgan fingerprint density at radius 2 is 1.90 bits per heavy atom. The number of ether oxygens (including phenoxy) is 2. The van der Waals surface area contributed by atoms with Gasteiger partial charge in [0, 0.05) is 0 Å². The van der Waals surface area contributed by atoms with Gasteiger partial charge < -0.3 is 9.47 Å². The highest BCUT2D eigenvalue weighted by molar-refractivity contribution is 7.15. The SMILES string of the molecule is C=CCOc1ccc(C=c2sc3nc(C=Cc4ccccc4)nn3c2=O)cc1OCC. The number of fused-ring (bicyclic) bond motifs is 1. The average Bonchev–Trinajstić information content (AvgIpc) is 3.31. The van der Waals surface area contributed by atoms with Crippen molar-refractivity contribution in [1.29, 1.82) is 0 Å². The van der Waals surface area contributed by atoms with Crippen LogP contribution in [-0.4, -0.2) is 27.8 Å². The highest BCUT2D eigenvalue weighted by atomic mass is 32.1. The number of nitrogens with zero attached hydrogens (tertiary/aromatic N) is 3. The molecule has 156 valence electrons. The van der Waals surface area contributed by atoms with Gasteiger partial charge in [0.2, 0.25) is 4.96 Å². The van der Waals surface area contributed by atoms with Crippen molar-refractivity contribution in [3.05, 3.63) is 93.0 Å². The molecule has 0 fully saturated rings. The van der Waals surface area contributed by atoms with E-state index in [0.717, 1.165) is 11.1 Å². The van der Waals surface area contributed by atoms with Gasteiger partial charge in [-0.1, -0.05) is 66.5 Å². The number of hydrogen-bond donors (Lipinski definition) is 0. The minimum Gasteiger partial charge on any atom is -0.490 e. The van der Waals surface area contributed by atoms with Crippen LogP contribution in [-0.2, 0) is 0 Å². The van der Waals surface area contributed by atoms with Crippen molar-refractivity contribution in [2.24, 2.45) is 0 Å². The predicted molar refractivity (Wildman–Crippen MR) is 125 cm³/mol. The minimum atomic E-state index is -0.197. The van der Waals surface area contributed by atoms with Crippen LogP contribution in [0.3, 0.4) is 0 Å². The summed E-state index contributed by atoms with van der Waals surface area (Å²) >= 11 is 1.30. The van der Waals surface area contributed by atoms with E-state index in [-0.39, 0.29) is 5.56 Å². The summed E-state index contributed by atoms with van der Waals surface area (Å²) in [6.07, 6.45) is 7.20. The Morgan fingerprint density at radius 3 is 2.65 bits per heavy atom. The van der Waals surface area contributed by atoms with Crippen molar-refractivity contribution in [3.63, 3.8) is 0 Å². The molecule has 0 radical (unpaired) electrons. The maximum absolute atomic E-state index is 12.8. The first-order valence-electron chi connectivity index (χ1n) is 9.83. The molecule has 7 heteroatoms. The van der Waals surface area contributed by atoms with Gasteiger partial charge in [0.1, 0.15) is 6.61 Å². The number of aromatic nitrogens is 3. The highest BCUT2D eigenvalue weighted by Crippen LogP contribution is 2.28. The summed E-state index contributed by atoms with van der Waals surface area (Å²) in [7, 11) is 0. The molecule has 0 N–H and O–H groups in total. The van der Waals surface area contributed by atoms with Crippen molar-refractivity contribution in [2.45, 2.75) is 6.92 Å². The first-order chi connectivity index (χ1) is 15.2. The summed E-state index contributed by atoms with van der Waals surface area (Å²) in [5, 5.41) is 4.33. The quantitative estimate of drug-likeness (QED) is 0.397. The lowest BCUT2D eigenvalue weighted by Gasteiger charge is -2.11. The fourth-order valence-corrected chi connectivity index (χ4v) is 3.87. The van der Waals surface area contributed by atoms with E-state index in [0.29, 0.717) is 40.0 Å². The van der Waals surface area contributed by atoms with Gasteiger partial charge in [0.25, 0.3) is 5.56 Å². The third-order valence-corrected chi connectivity index (χ3v) is 5.30. The van der Waals surface area contributed by atoms with Crippen LogP contribution in [0.2, 0.25) is 0 Å². The Balaban J connectivity index is 1.64. The molecule has 6 nitrogen and oxygen atoms in total. The van der Waals surface area contributed by atoms with Gasteiger partial charge in [-0.05, 0) is 42.3 Å². The van der Waals surface area contributed by atoms with Crippen molar-refractivity contribution in [2.75, 3.05) is 13.2 Å². The lowest BCUT2D eigenvalue weighted by molar-refractivity contribution is 0.297. The Labute approximate surface area is 183 Å². The molecule has 4 aromatic rings. The van der Waals surface area contributed by atoms with Crippen LogP contribution < -0.4 is 19.6 Å². The second-order valence-corrected chi connectivity index (χ2v) is 7.57. The first-order valence-corrected chi connectivity index (χ1v) is 10.6. The molecule has 2 aromatic carbocycles. The lowest BCUT2D eigenvalue weighted by Crippen LogP contribution is -2.23. The molecular weight excluding hydrogens is 410 g/mol. The van der Waals surface area contributed by atoms with Crippen LogP contribution in [0.1, 0.15) is 23.9 Å². The van der Waals surface area contributed by atoms with Crippen LogP contribution in [0.4, 0.5) is 0 Å². The van der Waals surface area contributed by atoms with Crippen LogP contribution >= 0.6 is 11.3 Å². The lowest BCUT2D eigenvalue weighted by atomic mass is 10.2. The fraction of sp³-hybridized carbons (Fsp3) is 0.125. The molecule has 2 aromatic heterocycles. The smallest absolute Gasteiger partial charge is 0.291 e. The topological polar surface area (TPSA) is 65.7 Å². The first kappa shape index (κ1) is 20.6. The monoisotopic (exact) mass is 431 g/mol. The van der Waals surface area contributed by atoms with E-state index in [1.54, 1.807) is 12.2 Å². The number of thiazole rings is 1. The molecule has 0 atom stereocenters. The van der Waals surface area contributed by atoms with Crippen LogP contribution in [0.15, 0.2) is 66.0 Å². The maximum atomic E-state index is 12.8. The van der Waals surface area contributed by atoms with Gasteiger partial charge in [-0.3, -0.25) is 4.79 Å². The zero-order valence-corrected chi connectivity index (χ0v) is 17.8. The molecule has 0 bridgehead atoms. The molecule has 2 heterocycles. The maximum Gasteiger partial charge on any atom is 0.291 e. The van der Waals surface area contributed by atoms with E-state index in [1.807, 2.05) is 67.6 Å². The van der Waals surface area contributed by atoms with Crippen molar-refractivity contribution in [3.8, 4) is 11.5 Å². The van der Waals surface area contributed by atoms with Crippen LogP contribution in [0.25, 0.3) is 23.2 Å². The molecule has 0 spiro atoms. The summed E-state index contributed by atoms with van der Waals surface area (Å²) in [5.74, 6) is 1.76. The van der Waals surface area contributed by atoms with E-state index >= 15 is 0 Å². The van der Waals surface area contributed by atoms with Gasteiger partial charge in [0.05, 0.1) is 11.1 Å². The normalized spacial score (nSPS) is 12.0. The van der Waals surface area contributed by atoms with Gasteiger partial charge in [-0.25, -0.2) is 0 Å². The van der Waals surface area contributed by atoms with Gasteiger partial charge in [-0.15, -0.1) is 5.10 Å². The second-order valence-electron chi connectivity index (χ2n) is 6.56. The summed E-state index contributed by atoms with van der Waals surface area (Å²) in [4.78, 5) is 17.8. The zero-order valence-electron chi connectivity index (χ0n) is 17.0. The van der Waals surface area contributed by atoms with E-state index in [9.17, 15) is 4.79 Å². The van der Waals surface area contributed by atoms with E-state index in [1.165, 1.54) is 15.9 Å². The van der Waals surface area contributed by atoms with E-state index < -0.39 is 0 Å². The molecule has 0 saturated heterocycles. The number of benzene rings is 2. The molecule has 0 saturated carbocycles. The molecular formula is C24H21N3O3S. The summed E-state index contributed by atoms with van der Waals surface area (Å²) in [6.45, 7) is 6.47. The van der Waals surface area contributed by atoms with Crippen molar-refractivity contribution >= 4 is 34.5 Å². The molecule has 0 aliphatic heterocycles. The van der Waals surface area contributed by atoms with Crippen molar-refractivity contribution in [1.82, 2.24) is 14.6 Å². The molecule has 4 rings (SSSR count). The standard InChI is InChI=1S/C24H21N3O3S/c1-3-14-30-19-12-10-18(15-20(19)29-4-2)16-21-23(28)27-24(31-21)25-22(26-27)13-11-17-8-6-5-7-9-17/h3,5-13,15-16H,1,4,14H2,2H3. The third kappa shape index (κ3) is 4.73. The fourth-order valence-electron chi connectivity index (χ4n) is 2.96. The average molecular weight is 432 g/mol. The van der Waals surface area contributed by atoms with Gasteiger partial charge in [-0.2, -0.15) is 9.50 Å². The van der Waals surface area contributed by atoms with E-state index in [4.69, 9.17) is 9.47 Å². The highest BCUT2D eigenvalue weighted by Gasteiger charge is 2.10. The molecule has 31 heavy (non-hydrogen) atoms. The second kappa shape index (κ2) is 9.40. The summed E-state index contributed by atoms with van der Waals surface area (Å²) < 4.78 is 13.2. The number of hydrogen-bond acceptors (Lipinski definition) is 6. The predicted octanol–water partition coefficient (Wildman–Crippen LogP) is 3.83. The largest absolute Gasteiger partial charge is 0.490 e. The van der Waals surface area contributed by atoms with Crippen LogP contribution in [0, 0.1) is 0 Å². The van der Waals surface area contributed by atoms with Gasteiger partial charge >= 0.3 is 0 Å². The Bertz CT molecular complexity index is 1340. The van der Waals surface area contributed by atoms with Crippen LogP contribution in [0.5, 0.6) is 11.5 Å². The number of rotatable bonds is 8. The van der Waals surface area contributed by atoms with Crippen molar-refractivity contribution < 1.29 is 9.47 Å². The zero-order chi connectivity index (χ0) is 21.6. The Hall–Kier alpha value is -3.71. The summed E-state index contributed by atoms with van der Waals surface area (Å²) in [6, 6.07) is 15.4. The molecule has 0 aliphatic carbocycles. The van der Waals surface area contributed by atoms with E-state index in [2.05, 4.69) is 16.7 Å². The minimum absolute atomic E-state index is 0.197. The molecule has 0 unspecified atom stereocenters. The Morgan fingerprint density at radius 1 is 1.06 bits per heavy atom.